The predicted octanol–water partition coefficient (Wildman–Crippen LogP) is 5.89. The zero-order chi connectivity index (χ0) is 26.8. The second kappa shape index (κ2) is 10.8. The third-order valence-electron chi connectivity index (χ3n) is 6.46. The number of rotatable bonds is 5. The van der Waals surface area contributed by atoms with Crippen molar-refractivity contribution in [2.24, 2.45) is 4.99 Å². The van der Waals surface area contributed by atoms with Crippen LogP contribution in [-0.4, -0.2) is 39.7 Å². The van der Waals surface area contributed by atoms with Crippen LogP contribution in [0.15, 0.2) is 82.6 Å². The molecule has 2 heterocycles. The van der Waals surface area contributed by atoms with Crippen LogP contribution in [0.2, 0.25) is 10.0 Å². The summed E-state index contributed by atoms with van der Waals surface area (Å²) in [5.74, 6) is 0.524. The van der Waals surface area contributed by atoms with Crippen LogP contribution in [0.4, 0.5) is 5.95 Å². The van der Waals surface area contributed by atoms with Gasteiger partial charge >= 0.3 is 0 Å². The fourth-order valence-electron chi connectivity index (χ4n) is 4.46. The number of para-hydroxylation sites is 2. The molecule has 0 spiro atoms. The van der Waals surface area contributed by atoms with E-state index in [0.29, 0.717) is 57.0 Å². The molecule has 9 heteroatoms. The summed E-state index contributed by atoms with van der Waals surface area (Å²) in [6.07, 6.45) is 0.352. The number of hydrogen-bond donors (Lipinski definition) is 0. The standard InChI is InChI=1S/C29H24Cl2N4O3/c1-18(19-8-4-3-5-9-19)32-29-33-24-17-34(27(36)20-12-13-22(30)23(31)16-20)15-14-21(24)28(37)35(29)25-10-6-7-11-26(25)38-2/h3-13,16H,14-15,17H2,1-2H3/b32-18+. The number of hydrogen-bond acceptors (Lipinski definition) is 5. The number of aromatic nitrogens is 2. The highest BCUT2D eigenvalue weighted by Gasteiger charge is 2.28. The Morgan fingerprint density at radius 3 is 2.45 bits per heavy atom. The lowest BCUT2D eigenvalue weighted by molar-refractivity contribution is 0.0731. The van der Waals surface area contributed by atoms with Gasteiger partial charge in [-0.25, -0.2) is 14.5 Å². The van der Waals surface area contributed by atoms with Crippen LogP contribution in [0.5, 0.6) is 5.75 Å². The van der Waals surface area contributed by atoms with Gasteiger partial charge in [-0.3, -0.25) is 9.59 Å². The minimum Gasteiger partial charge on any atom is -0.495 e. The van der Waals surface area contributed by atoms with Crippen LogP contribution in [0.25, 0.3) is 5.69 Å². The maximum absolute atomic E-state index is 13.9. The largest absolute Gasteiger partial charge is 0.495 e. The van der Waals surface area contributed by atoms with E-state index in [1.165, 1.54) is 4.57 Å². The van der Waals surface area contributed by atoms with Crippen LogP contribution in [0.1, 0.15) is 34.1 Å². The van der Waals surface area contributed by atoms with Crippen LogP contribution in [0.3, 0.4) is 0 Å². The number of halogens is 2. The highest BCUT2D eigenvalue weighted by atomic mass is 35.5. The lowest BCUT2D eigenvalue weighted by atomic mass is 10.0. The molecule has 0 N–H and O–H groups in total. The Morgan fingerprint density at radius 2 is 1.71 bits per heavy atom. The Labute approximate surface area is 229 Å². The van der Waals surface area contributed by atoms with E-state index in [-0.39, 0.29) is 24.0 Å². The van der Waals surface area contributed by atoms with Crippen LogP contribution >= 0.6 is 23.2 Å². The molecular weight excluding hydrogens is 523 g/mol. The molecule has 7 nitrogen and oxygen atoms in total. The molecule has 0 atom stereocenters. The number of aliphatic imine (C=N–C) groups is 1. The molecule has 3 aromatic carbocycles. The Hall–Kier alpha value is -3.94. The van der Waals surface area contributed by atoms with E-state index in [1.54, 1.807) is 42.3 Å². The van der Waals surface area contributed by atoms with Gasteiger partial charge in [-0.2, -0.15) is 0 Å². The third-order valence-corrected chi connectivity index (χ3v) is 7.20. The SMILES string of the molecule is COc1ccccc1-n1c(/N=C(\C)c2ccccc2)nc2c(c1=O)CCN(C(=O)c1ccc(Cl)c(Cl)c1)C2. The van der Waals surface area contributed by atoms with Gasteiger partial charge in [0.2, 0.25) is 5.95 Å². The monoisotopic (exact) mass is 546 g/mol. The number of nitrogens with zero attached hydrogens (tertiary/aromatic N) is 4. The highest BCUT2D eigenvalue weighted by Crippen LogP contribution is 2.28. The molecule has 1 aliphatic rings. The number of amides is 1. The van der Waals surface area contributed by atoms with Gasteiger partial charge in [-0.05, 0) is 49.2 Å². The zero-order valence-electron chi connectivity index (χ0n) is 20.8. The van der Waals surface area contributed by atoms with Gasteiger partial charge in [0.25, 0.3) is 11.5 Å². The summed E-state index contributed by atoms with van der Waals surface area (Å²) in [6.45, 7) is 2.40. The number of methoxy groups -OCH3 is 1. The van der Waals surface area contributed by atoms with Crippen molar-refractivity contribution in [1.29, 1.82) is 0 Å². The second-order valence-electron chi connectivity index (χ2n) is 8.82. The number of benzene rings is 3. The van der Waals surface area contributed by atoms with Crippen molar-refractivity contribution in [2.75, 3.05) is 13.7 Å². The third kappa shape index (κ3) is 4.95. The summed E-state index contributed by atoms with van der Waals surface area (Å²) in [5, 5.41) is 0.683. The Morgan fingerprint density at radius 1 is 0.974 bits per heavy atom. The van der Waals surface area contributed by atoms with Gasteiger partial charge in [0.05, 0.1) is 35.1 Å². The highest BCUT2D eigenvalue weighted by molar-refractivity contribution is 6.42. The summed E-state index contributed by atoms with van der Waals surface area (Å²) < 4.78 is 7.04. The van der Waals surface area contributed by atoms with E-state index in [0.717, 1.165) is 5.56 Å². The summed E-state index contributed by atoms with van der Waals surface area (Å²) in [5.41, 5.74) is 3.39. The topological polar surface area (TPSA) is 76.8 Å². The maximum Gasteiger partial charge on any atom is 0.263 e. The molecule has 192 valence electrons. The molecule has 0 fully saturated rings. The van der Waals surface area contributed by atoms with Crippen molar-refractivity contribution in [3.8, 4) is 11.4 Å². The predicted molar refractivity (Wildman–Crippen MR) is 150 cm³/mol. The molecule has 1 aliphatic heterocycles. The van der Waals surface area contributed by atoms with E-state index in [2.05, 4.69) is 0 Å². The van der Waals surface area contributed by atoms with E-state index in [4.69, 9.17) is 37.9 Å². The molecule has 0 bridgehead atoms. The molecule has 0 radical (unpaired) electrons. The molecule has 0 unspecified atom stereocenters. The van der Waals surface area contributed by atoms with Crippen LogP contribution in [-0.2, 0) is 13.0 Å². The summed E-state index contributed by atoms with van der Waals surface area (Å²) in [4.78, 5) is 38.4. The number of ether oxygens (including phenoxy) is 1. The van der Waals surface area contributed by atoms with Crippen molar-refractivity contribution in [3.63, 3.8) is 0 Å². The van der Waals surface area contributed by atoms with Crippen LogP contribution in [0, 0.1) is 0 Å². The van der Waals surface area contributed by atoms with E-state index >= 15 is 0 Å². The molecule has 0 saturated carbocycles. The van der Waals surface area contributed by atoms with E-state index in [1.807, 2.05) is 49.4 Å². The number of fused-ring (bicyclic) bond motifs is 1. The molecule has 5 rings (SSSR count). The van der Waals surface area contributed by atoms with Gasteiger partial charge in [0.1, 0.15) is 5.75 Å². The Bertz CT molecular complexity index is 1620. The molecule has 38 heavy (non-hydrogen) atoms. The van der Waals surface area contributed by atoms with Gasteiger partial charge < -0.3 is 9.64 Å². The maximum atomic E-state index is 13.9. The smallest absolute Gasteiger partial charge is 0.263 e. The first-order valence-corrected chi connectivity index (χ1v) is 12.8. The van der Waals surface area contributed by atoms with Crippen molar-refractivity contribution in [3.05, 3.63) is 116 Å². The number of carbonyl (C=O) groups is 1. The van der Waals surface area contributed by atoms with E-state index < -0.39 is 0 Å². The van der Waals surface area contributed by atoms with Crippen molar-refractivity contribution < 1.29 is 9.53 Å². The Balaban J connectivity index is 1.62. The fraction of sp³-hybridized carbons (Fsp3) is 0.172. The summed E-state index contributed by atoms with van der Waals surface area (Å²) in [7, 11) is 1.56. The van der Waals surface area contributed by atoms with Crippen molar-refractivity contribution in [2.45, 2.75) is 19.9 Å². The average Bonchev–Trinajstić information content (AvgIpc) is 2.94. The number of carbonyl (C=O) groups excluding carboxylic acids is 1. The first-order valence-electron chi connectivity index (χ1n) is 12.0. The van der Waals surface area contributed by atoms with Crippen LogP contribution < -0.4 is 10.3 Å². The van der Waals surface area contributed by atoms with Gasteiger partial charge in [0, 0.05) is 23.4 Å². The molecule has 1 aromatic heterocycles. The molecule has 0 aliphatic carbocycles. The average molecular weight is 547 g/mol. The van der Waals surface area contributed by atoms with Gasteiger partial charge in [-0.15, -0.1) is 0 Å². The summed E-state index contributed by atoms with van der Waals surface area (Å²) in [6, 6.07) is 21.7. The lowest BCUT2D eigenvalue weighted by Gasteiger charge is -2.29. The van der Waals surface area contributed by atoms with Gasteiger partial charge in [0.15, 0.2) is 0 Å². The minimum absolute atomic E-state index is 0.170. The Kier molecular flexibility index (Phi) is 7.31. The van der Waals surface area contributed by atoms with Gasteiger partial charge in [-0.1, -0.05) is 65.7 Å². The summed E-state index contributed by atoms with van der Waals surface area (Å²) >= 11 is 12.2. The minimum atomic E-state index is -0.235. The van der Waals surface area contributed by atoms with E-state index in [9.17, 15) is 9.59 Å². The lowest BCUT2D eigenvalue weighted by Crippen LogP contribution is -2.40. The second-order valence-corrected chi connectivity index (χ2v) is 9.63. The normalized spacial score (nSPS) is 13.3. The van der Waals surface area contributed by atoms with Crippen molar-refractivity contribution >= 4 is 40.8 Å². The van der Waals surface area contributed by atoms with Crippen molar-refractivity contribution in [1.82, 2.24) is 14.5 Å². The fourth-order valence-corrected chi connectivity index (χ4v) is 4.76. The molecule has 0 saturated heterocycles. The molecule has 1 amide bonds. The first kappa shape index (κ1) is 25.7. The molecular formula is C29H24Cl2N4O3. The first-order chi connectivity index (χ1) is 18.4. The quantitative estimate of drug-likeness (QED) is 0.292. The molecule has 4 aromatic rings. The zero-order valence-corrected chi connectivity index (χ0v) is 22.3.